The number of carbonyl (C=O) groups is 1. The molecule has 0 heterocycles. The number of hydrogen-bond acceptors (Lipinski definition) is 3. The van der Waals surface area contributed by atoms with Gasteiger partial charge >= 0.3 is 5.97 Å². The van der Waals surface area contributed by atoms with Crippen LogP contribution in [0, 0.1) is 25.1 Å². The second-order valence-corrected chi connectivity index (χ2v) is 5.55. The Bertz CT molecular complexity index is 747. The minimum atomic E-state index is -0.266. The highest BCUT2D eigenvalue weighted by Crippen LogP contribution is 2.22. The number of anilines is 1. The Morgan fingerprint density at radius 3 is 2.54 bits per heavy atom. The maximum atomic E-state index is 13.0. The molecule has 0 fully saturated rings. The fourth-order valence-electron chi connectivity index (χ4n) is 2.46. The smallest absolute Gasteiger partial charge is 0.309 e. The number of terminal acetylenes is 1. The molecule has 0 unspecified atom stereocenters. The van der Waals surface area contributed by atoms with Crippen LogP contribution in [0.2, 0.25) is 0 Å². The molecule has 0 bridgehead atoms. The first-order valence-electron chi connectivity index (χ1n) is 7.62. The lowest BCUT2D eigenvalue weighted by molar-refractivity contribution is -0.139. The number of ether oxygens (including phenoxy) is 1. The molecule has 0 aliphatic heterocycles. The molecule has 2 aromatic carbocycles. The highest BCUT2D eigenvalue weighted by Gasteiger charge is 2.11. The number of halogens is 1. The topological polar surface area (TPSA) is 29.5 Å². The van der Waals surface area contributed by atoms with Gasteiger partial charge < -0.3 is 9.64 Å². The van der Waals surface area contributed by atoms with E-state index in [1.165, 1.54) is 19.2 Å². The van der Waals surface area contributed by atoms with E-state index in [-0.39, 0.29) is 18.2 Å². The van der Waals surface area contributed by atoms with E-state index in [0.717, 1.165) is 22.4 Å². The Morgan fingerprint density at radius 1 is 1.25 bits per heavy atom. The zero-order valence-corrected chi connectivity index (χ0v) is 13.9. The van der Waals surface area contributed by atoms with Crippen molar-refractivity contribution >= 4 is 11.7 Å². The van der Waals surface area contributed by atoms with E-state index in [1.807, 2.05) is 30.0 Å². The lowest BCUT2D eigenvalue weighted by atomic mass is 10.0. The number of hydrogen-bond donors (Lipinski definition) is 0. The summed E-state index contributed by atoms with van der Waals surface area (Å²) in [5, 5.41) is 0. The third kappa shape index (κ3) is 4.60. The van der Waals surface area contributed by atoms with Crippen LogP contribution in [0.5, 0.6) is 0 Å². The molecule has 4 heteroatoms. The summed E-state index contributed by atoms with van der Waals surface area (Å²) in [6, 6.07) is 12.2. The summed E-state index contributed by atoms with van der Waals surface area (Å²) in [6.07, 6.45) is 5.73. The maximum absolute atomic E-state index is 13.0. The van der Waals surface area contributed by atoms with E-state index in [9.17, 15) is 9.18 Å². The van der Waals surface area contributed by atoms with E-state index < -0.39 is 0 Å². The van der Waals surface area contributed by atoms with Gasteiger partial charge in [0.1, 0.15) is 5.82 Å². The lowest BCUT2D eigenvalue weighted by Crippen LogP contribution is -2.23. The average molecular weight is 325 g/mol. The molecule has 3 nitrogen and oxygen atoms in total. The molecule has 0 spiro atoms. The van der Waals surface area contributed by atoms with Crippen LogP contribution < -0.4 is 4.90 Å². The summed E-state index contributed by atoms with van der Waals surface area (Å²) < 4.78 is 17.7. The van der Waals surface area contributed by atoms with Crippen molar-refractivity contribution in [2.75, 3.05) is 18.6 Å². The Balaban J connectivity index is 2.21. The third-order valence-corrected chi connectivity index (χ3v) is 3.82. The van der Waals surface area contributed by atoms with Gasteiger partial charge in [-0.25, -0.2) is 4.39 Å². The van der Waals surface area contributed by atoms with Crippen molar-refractivity contribution in [3.8, 4) is 12.3 Å². The largest absolute Gasteiger partial charge is 0.469 e. The quantitative estimate of drug-likeness (QED) is 0.601. The van der Waals surface area contributed by atoms with Gasteiger partial charge in [-0.2, -0.15) is 0 Å². The number of methoxy groups -OCH3 is 1. The van der Waals surface area contributed by atoms with Gasteiger partial charge in [-0.3, -0.25) is 4.79 Å². The van der Waals surface area contributed by atoms with E-state index in [2.05, 4.69) is 5.92 Å². The Kier molecular flexibility index (Phi) is 5.97. The van der Waals surface area contributed by atoms with Crippen molar-refractivity contribution in [2.45, 2.75) is 19.9 Å². The molecule has 0 saturated heterocycles. The molecule has 0 N–H and O–H groups in total. The first kappa shape index (κ1) is 17.6. The van der Waals surface area contributed by atoms with Crippen LogP contribution in [0.25, 0.3) is 0 Å². The Labute approximate surface area is 142 Å². The second kappa shape index (κ2) is 8.16. The number of carbonyl (C=O) groups excluding carboxylic acids is 1. The summed E-state index contributed by atoms with van der Waals surface area (Å²) in [7, 11) is 1.38. The summed E-state index contributed by atoms with van der Waals surface area (Å²) in [6.45, 7) is 2.97. The highest BCUT2D eigenvalue weighted by atomic mass is 19.1. The molecule has 0 radical (unpaired) electrons. The highest BCUT2D eigenvalue weighted by molar-refractivity contribution is 5.73. The SMILES string of the molecule is C#CCN(Cc1ccc(F)cc1)c1ccc(CC(=O)OC)c(C)c1. The lowest BCUT2D eigenvalue weighted by Gasteiger charge is -2.23. The summed E-state index contributed by atoms with van der Waals surface area (Å²) >= 11 is 0. The normalized spacial score (nSPS) is 10.1. The van der Waals surface area contributed by atoms with Crippen molar-refractivity contribution in [3.63, 3.8) is 0 Å². The van der Waals surface area contributed by atoms with Crippen LogP contribution in [0.15, 0.2) is 42.5 Å². The van der Waals surface area contributed by atoms with Gasteiger partial charge in [0.25, 0.3) is 0 Å². The van der Waals surface area contributed by atoms with E-state index in [1.54, 1.807) is 12.1 Å². The van der Waals surface area contributed by atoms with Crippen LogP contribution >= 0.6 is 0 Å². The number of nitrogens with zero attached hydrogens (tertiary/aromatic N) is 1. The molecule has 124 valence electrons. The fourth-order valence-corrected chi connectivity index (χ4v) is 2.46. The van der Waals surface area contributed by atoms with Crippen molar-refractivity contribution in [1.82, 2.24) is 0 Å². The van der Waals surface area contributed by atoms with Crippen molar-refractivity contribution < 1.29 is 13.9 Å². The standard InChI is InChI=1S/C20H20FNO2/c1-4-11-22(14-16-5-8-18(21)9-6-16)19-10-7-17(15(2)12-19)13-20(23)24-3/h1,5-10,12H,11,13-14H2,2-3H3. The zero-order chi connectivity index (χ0) is 17.5. The van der Waals surface area contributed by atoms with Crippen molar-refractivity contribution in [1.29, 1.82) is 0 Å². The summed E-state index contributed by atoms with van der Waals surface area (Å²) in [5.74, 6) is 2.13. The van der Waals surface area contributed by atoms with Gasteiger partial charge in [0.2, 0.25) is 0 Å². The molecule has 0 atom stereocenters. The Hall–Kier alpha value is -2.80. The first-order valence-corrected chi connectivity index (χ1v) is 7.62. The van der Waals surface area contributed by atoms with Gasteiger partial charge in [-0.1, -0.05) is 24.1 Å². The monoisotopic (exact) mass is 325 g/mol. The van der Waals surface area contributed by atoms with Crippen LogP contribution in [-0.2, 0) is 22.5 Å². The molecule has 2 rings (SSSR count). The molecule has 0 saturated carbocycles. The van der Waals surface area contributed by atoms with E-state index in [4.69, 9.17) is 11.2 Å². The van der Waals surface area contributed by atoms with Crippen LogP contribution in [0.4, 0.5) is 10.1 Å². The number of rotatable bonds is 6. The number of benzene rings is 2. The molecule has 2 aromatic rings. The van der Waals surface area contributed by atoms with Crippen LogP contribution in [0.3, 0.4) is 0 Å². The molecule has 24 heavy (non-hydrogen) atoms. The van der Waals surface area contributed by atoms with Gasteiger partial charge in [-0.15, -0.1) is 6.42 Å². The third-order valence-electron chi connectivity index (χ3n) is 3.82. The predicted molar refractivity (Wildman–Crippen MR) is 93.2 cm³/mol. The number of aryl methyl sites for hydroxylation is 1. The van der Waals surface area contributed by atoms with Crippen LogP contribution in [-0.4, -0.2) is 19.6 Å². The predicted octanol–water partition coefficient (Wildman–Crippen LogP) is 3.49. The molecule has 0 aromatic heterocycles. The fraction of sp³-hybridized carbons (Fsp3) is 0.250. The number of esters is 1. The van der Waals surface area contributed by atoms with Gasteiger partial charge in [-0.05, 0) is 47.9 Å². The summed E-state index contributed by atoms with van der Waals surface area (Å²) in [4.78, 5) is 13.5. The summed E-state index contributed by atoms with van der Waals surface area (Å²) in [5.41, 5.74) is 3.86. The molecule has 0 amide bonds. The van der Waals surface area contributed by atoms with Crippen molar-refractivity contribution in [3.05, 3.63) is 65.0 Å². The van der Waals surface area contributed by atoms with Gasteiger partial charge in [0.15, 0.2) is 0 Å². The molecule has 0 aliphatic carbocycles. The minimum Gasteiger partial charge on any atom is -0.469 e. The van der Waals surface area contributed by atoms with Gasteiger partial charge in [0, 0.05) is 12.2 Å². The van der Waals surface area contributed by atoms with E-state index >= 15 is 0 Å². The second-order valence-electron chi connectivity index (χ2n) is 5.55. The molecular weight excluding hydrogens is 305 g/mol. The average Bonchev–Trinajstić information content (AvgIpc) is 2.58. The Morgan fingerprint density at radius 2 is 1.96 bits per heavy atom. The minimum absolute atomic E-state index is 0.246. The maximum Gasteiger partial charge on any atom is 0.309 e. The van der Waals surface area contributed by atoms with Gasteiger partial charge in [0.05, 0.1) is 20.1 Å². The molecule has 0 aliphatic rings. The molecular formula is C20H20FNO2. The zero-order valence-electron chi connectivity index (χ0n) is 13.9. The van der Waals surface area contributed by atoms with E-state index in [0.29, 0.717) is 13.1 Å². The van der Waals surface area contributed by atoms with Crippen molar-refractivity contribution in [2.24, 2.45) is 0 Å². The van der Waals surface area contributed by atoms with Crippen LogP contribution in [0.1, 0.15) is 16.7 Å². The first-order chi connectivity index (χ1) is 11.5.